The lowest BCUT2D eigenvalue weighted by molar-refractivity contribution is -0.122. The molecule has 0 aliphatic carbocycles. The highest BCUT2D eigenvalue weighted by molar-refractivity contribution is 8.76. The predicted molar refractivity (Wildman–Crippen MR) is 160 cm³/mol. The highest BCUT2D eigenvalue weighted by Crippen LogP contribution is 2.26. The Morgan fingerprint density at radius 1 is 0.769 bits per heavy atom. The van der Waals surface area contributed by atoms with E-state index in [0.29, 0.717) is 77.5 Å². The molecule has 0 aromatic heterocycles. The number of hydrogen-bond donors (Lipinski definition) is 5. The Hall–Kier alpha value is -0.940. The standard InChI is InChI=1S/C24H47N5O7S3/c1-25-22(30)4-15-38-39-16-6-28-23(31)3-7-33-9-11-35-13-14-36-12-10-34-8-5-27-18-21-17-20(19-37-21)29-24(32)26-2/h20-21,27H,3-19H2,1-2H3,(H,25,30)(H,28,31)(H2,26,29,32)/t20-,21-/m1/s1. The second-order valence-corrected chi connectivity index (χ2v) is 12.5. The molecule has 12 nitrogen and oxygen atoms in total. The fourth-order valence-electron chi connectivity index (χ4n) is 3.24. The summed E-state index contributed by atoms with van der Waals surface area (Å²) in [6.07, 6.45) is 1.81. The topological polar surface area (TPSA) is 148 Å². The molecule has 1 aliphatic rings. The fourth-order valence-corrected chi connectivity index (χ4v) is 6.46. The van der Waals surface area contributed by atoms with Gasteiger partial charge in [-0.05, 0) is 6.42 Å². The number of ether oxygens (including phenoxy) is 4. The highest BCUT2D eigenvalue weighted by atomic mass is 33.1. The maximum atomic E-state index is 11.8. The van der Waals surface area contributed by atoms with E-state index in [2.05, 4.69) is 26.6 Å². The van der Waals surface area contributed by atoms with Crippen LogP contribution < -0.4 is 26.6 Å². The molecular weight excluding hydrogens is 566 g/mol. The Balaban J connectivity index is 1.73. The van der Waals surface area contributed by atoms with Crippen molar-refractivity contribution in [2.24, 2.45) is 0 Å². The van der Waals surface area contributed by atoms with Crippen molar-refractivity contribution in [1.82, 2.24) is 26.6 Å². The van der Waals surface area contributed by atoms with Gasteiger partial charge in [-0.2, -0.15) is 11.8 Å². The van der Waals surface area contributed by atoms with E-state index in [1.54, 1.807) is 35.7 Å². The van der Waals surface area contributed by atoms with Crippen LogP contribution in [0.15, 0.2) is 0 Å². The average Bonchev–Trinajstić information content (AvgIpc) is 3.38. The van der Waals surface area contributed by atoms with E-state index in [-0.39, 0.29) is 23.9 Å². The molecule has 0 unspecified atom stereocenters. The number of hydrogen-bond acceptors (Lipinski definition) is 11. The largest absolute Gasteiger partial charge is 0.379 e. The Morgan fingerprint density at radius 3 is 2.08 bits per heavy atom. The number of carbonyl (C=O) groups is 3. The molecule has 5 N–H and O–H groups in total. The van der Waals surface area contributed by atoms with Crippen molar-refractivity contribution in [1.29, 1.82) is 0 Å². The summed E-state index contributed by atoms with van der Waals surface area (Å²) in [6.45, 7) is 6.22. The SMILES string of the molecule is CNC(=O)CCSSCCNC(=O)CCOCCOCCOCCOCCNC[C@H]1C[C@@H](NC(=O)NC)CS1. The van der Waals surface area contributed by atoms with E-state index in [9.17, 15) is 14.4 Å². The molecular formula is C24H47N5O7S3. The minimum absolute atomic E-state index is 0.0312. The molecule has 0 saturated carbocycles. The van der Waals surface area contributed by atoms with Crippen molar-refractivity contribution in [2.45, 2.75) is 30.6 Å². The maximum Gasteiger partial charge on any atom is 0.314 e. The third-order valence-corrected chi connectivity index (χ3v) is 9.14. The molecule has 2 atom stereocenters. The molecule has 15 heteroatoms. The second-order valence-electron chi connectivity index (χ2n) is 8.43. The molecule has 0 aromatic rings. The summed E-state index contributed by atoms with van der Waals surface area (Å²) in [4.78, 5) is 34.2. The van der Waals surface area contributed by atoms with Gasteiger partial charge in [-0.3, -0.25) is 9.59 Å². The zero-order chi connectivity index (χ0) is 28.4. The first-order valence-corrected chi connectivity index (χ1v) is 16.9. The first-order chi connectivity index (χ1) is 19.0. The average molecular weight is 614 g/mol. The lowest BCUT2D eigenvalue weighted by atomic mass is 10.2. The van der Waals surface area contributed by atoms with E-state index >= 15 is 0 Å². The first kappa shape index (κ1) is 36.1. The van der Waals surface area contributed by atoms with Crippen LogP contribution in [0.1, 0.15) is 19.3 Å². The summed E-state index contributed by atoms with van der Waals surface area (Å²) in [5.74, 6) is 2.52. The van der Waals surface area contributed by atoms with Crippen LogP contribution in [-0.4, -0.2) is 133 Å². The van der Waals surface area contributed by atoms with Crippen molar-refractivity contribution >= 4 is 51.2 Å². The quantitative estimate of drug-likeness (QED) is 0.0723. The number of carbonyl (C=O) groups excluding carboxylic acids is 3. The van der Waals surface area contributed by atoms with Crippen molar-refractivity contribution in [2.75, 3.05) is 104 Å². The minimum atomic E-state index is -0.117. The molecule has 1 heterocycles. The van der Waals surface area contributed by atoms with Gasteiger partial charge < -0.3 is 45.5 Å². The molecule has 0 radical (unpaired) electrons. The van der Waals surface area contributed by atoms with Crippen LogP contribution in [0.25, 0.3) is 0 Å². The van der Waals surface area contributed by atoms with Crippen LogP contribution in [0.2, 0.25) is 0 Å². The molecule has 0 bridgehead atoms. The van der Waals surface area contributed by atoms with Gasteiger partial charge in [-0.15, -0.1) is 0 Å². The Morgan fingerprint density at radius 2 is 1.41 bits per heavy atom. The van der Waals surface area contributed by atoms with Crippen LogP contribution in [0, 0.1) is 0 Å². The predicted octanol–water partition coefficient (Wildman–Crippen LogP) is 0.469. The number of nitrogens with one attached hydrogen (secondary N) is 5. The summed E-state index contributed by atoms with van der Waals surface area (Å²) in [6, 6.07) is 0.123. The van der Waals surface area contributed by atoms with E-state index in [1.165, 1.54) is 0 Å². The number of amides is 4. The Bertz CT molecular complexity index is 655. The van der Waals surface area contributed by atoms with Gasteiger partial charge in [0.2, 0.25) is 11.8 Å². The van der Waals surface area contributed by atoms with E-state index in [4.69, 9.17) is 18.9 Å². The van der Waals surface area contributed by atoms with Crippen LogP contribution in [0.5, 0.6) is 0 Å². The van der Waals surface area contributed by atoms with Crippen LogP contribution >= 0.6 is 33.3 Å². The van der Waals surface area contributed by atoms with E-state index < -0.39 is 0 Å². The Labute approximate surface area is 245 Å². The van der Waals surface area contributed by atoms with Gasteiger partial charge in [0.25, 0.3) is 0 Å². The number of rotatable bonds is 25. The maximum absolute atomic E-state index is 11.8. The summed E-state index contributed by atoms with van der Waals surface area (Å²) in [5, 5.41) is 14.9. The molecule has 0 aromatic carbocycles. The van der Waals surface area contributed by atoms with Gasteiger partial charge >= 0.3 is 6.03 Å². The van der Waals surface area contributed by atoms with Crippen molar-refractivity contribution in [3.8, 4) is 0 Å². The fraction of sp³-hybridized carbons (Fsp3) is 0.875. The summed E-state index contributed by atoms with van der Waals surface area (Å²) < 4.78 is 21.9. The van der Waals surface area contributed by atoms with Crippen LogP contribution in [0.4, 0.5) is 4.79 Å². The lowest BCUT2D eigenvalue weighted by Gasteiger charge is -2.13. The molecule has 0 spiro atoms. The molecule has 1 aliphatic heterocycles. The van der Waals surface area contributed by atoms with Gasteiger partial charge in [0.1, 0.15) is 0 Å². The van der Waals surface area contributed by atoms with Gasteiger partial charge in [0, 0.05) is 75.1 Å². The molecule has 1 rings (SSSR count). The number of urea groups is 1. The molecule has 4 amide bonds. The summed E-state index contributed by atoms with van der Waals surface area (Å²) in [7, 11) is 6.54. The van der Waals surface area contributed by atoms with Crippen molar-refractivity contribution in [3.05, 3.63) is 0 Å². The zero-order valence-corrected chi connectivity index (χ0v) is 25.7. The van der Waals surface area contributed by atoms with E-state index in [1.807, 2.05) is 11.8 Å². The second kappa shape index (κ2) is 26.0. The van der Waals surface area contributed by atoms with E-state index in [0.717, 1.165) is 36.8 Å². The third-order valence-electron chi connectivity index (χ3n) is 5.31. The van der Waals surface area contributed by atoms with Crippen LogP contribution in [0.3, 0.4) is 0 Å². The molecule has 1 fully saturated rings. The minimum Gasteiger partial charge on any atom is -0.379 e. The summed E-state index contributed by atoms with van der Waals surface area (Å²) >= 11 is 1.89. The first-order valence-electron chi connectivity index (χ1n) is 13.4. The molecule has 228 valence electrons. The lowest BCUT2D eigenvalue weighted by Crippen LogP contribution is -2.41. The van der Waals surface area contributed by atoms with Crippen molar-refractivity contribution in [3.63, 3.8) is 0 Å². The molecule has 39 heavy (non-hydrogen) atoms. The van der Waals surface area contributed by atoms with Gasteiger partial charge in [0.05, 0.1) is 52.9 Å². The summed E-state index contributed by atoms with van der Waals surface area (Å²) in [5.41, 5.74) is 0. The van der Waals surface area contributed by atoms with Gasteiger partial charge in [0.15, 0.2) is 0 Å². The Kier molecular flexibility index (Phi) is 24.0. The van der Waals surface area contributed by atoms with Crippen LogP contribution in [-0.2, 0) is 28.5 Å². The zero-order valence-electron chi connectivity index (χ0n) is 23.3. The van der Waals surface area contributed by atoms with Crippen molar-refractivity contribution < 1.29 is 33.3 Å². The normalized spacial score (nSPS) is 16.7. The smallest absolute Gasteiger partial charge is 0.314 e. The molecule has 1 saturated heterocycles. The number of thioether (sulfide) groups is 1. The van der Waals surface area contributed by atoms with Gasteiger partial charge in [-0.1, -0.05) is 21.6 Å². The third kappa shape index (κ3) is 22.4. The highest BCUT2D eigenvalue weighted by Gasteiger charge is 2.25. The monoisotopic (exact) mass is 613 g/mol. The van der Waals surface area contributed by atoms with Gasteiger partial charge in [-0.25, -0.2) is 4.79 Å².